The van der Waals surface area contributed by atoms with E-state index in [9.17, 15) is 19.1 Å². The number of hydrogen-bond donors (Lipinski definition) is 3. The molecule has 7 heteroatoms. The number of benzene rings is 3. The summed E-state index contributed by atoms with van der Waals surface area (Å²) in [6, 6.07) is 25.2. The predicted molar refractivity (Wildman–Crippen MR) is 165 cm³/mol. The van der Waals surface area contributed by atoms with Gasteiger partial charge in [0.1, 0.15) is 12.4 Å². The van der Waals surface area contributed by atoms with Crippen LogP contribution in [-0.2, 0) is 11.3 Å². The molecular formula is C35H39FN2O4. The number of Topliss-reactive ketones (excluding diaryl/α,β-unsaturated/α-hetero) is 1. The molecule has 0 aliphatic rings. The number of rotatable bonds is 13. The number of aromatic nitrogens is 1. The largest absolute Gasteiger partial charge is 0.393 e. The molecule has 0 radical (unpaired) electrons. The Bertz CT molecular complexity index is 1480. The van der Waals surface area contributed by atoms with E-state index < -0.39 is 12.7 Å². The van der Waals surface area contributed by atoms with Crippen LogP contribution in [0.4, 0.5) is 10.1 Å². The fourth-order valence-corrected chi connectivity index (χ4v) is 5.61. The molecular weight excluding hydrogens is 531 g/mol. The average molecular weight is 571 g/mol. The molecule has 3 aromatic carbocycles. The highest BCUT2D eigenvalue weighted by Gasteiger charge is 2.30. The number of nitrogens with one attached hydrogen (secondary N) is 1. The first kappa shape index (κ1) is 30.9. The number of carbonyl (C=O) groups is 2. The summed E-state index contributed by atoms with van der Waals surface area (Å²) in [6.45, 7) is 5.86. The lowest BCUT2D eigenvalue weighted by molar-refractivity contribution is -0.122. The zero-order valence-electron chi connectivity index (χ0n) is 24.4. The molecule has 2 unspecified atom stereocenters. The van der Waals surface area contributed by atoms with Crippen molar-refractivity contribution in [2.45, 2.75) is 58.6 Å². The molecule has 0 aliphatic heterocycles. The van der Waals surface area contributed by atoms with Crippen molar-refractivity contribution in [2.24, 2.45) is 5.92 Å². The lowest BCUT2D eigenvalue weighted by Gasteiger charge is -2.20. The Labute approximate surface area is 246 Å². The van der Waals surface area contributed by atoms with Crippen LogP contribution in [0.3, 0.4) is 0 Å². The molecule has 0 bridgehead atoms. The maximum absolute atomic E-state index is 14.1. The summed E-state index contributed by atoms with van der Waals surface area (Å²) in [5.74, 6) is -0.995. The second-order valence-electron chi connectivity index (χ2n) is 11.2. The standard InChI is InChI=1S/C35H39FN2O4/c1-23(2)33-32(35(42)37-28-12-8-5-9-13-28)31(25-10-6-4-7-11-25)34(26-14-16-27(36)17-15-26)38(33)19-18-29(40)20-24(3)21-30(41)22-39/h4-17,23-24,29,39-40H,18-22H2,1-3H3,(H,37,42). The van der Waals surface area contributed by atoms with E-state index >= 15 is 0 Å². The Morgan fingerprint density at radius 2 is 1.50 bits per heavy atom. The van der Waals surface area contributed by atoms with Crippen molar-refractivity contribution in [3.63, 3.8) is 0 Å². The normalized spacial score (nSPS) is 12.7. The molecule has 3 N–H and O–H groups in total. The van der Waals surface area contributed by atoms with Crippen LogP contribution in [0, 0.1) is 11.7 Å². The van der Waals surface area contributed by atoms with Crippen molar-refractivity contribution in [1.29, 1.82) is 0 Å². The minimum Gasteiger partial charge on any atom is -0.393 e. The van der Waals surface area contributed by atoms with E-state index in [0.29, 0.717) is 30.6 Å². The van der Waals surface area contributed by atoms with Crippen molar-refractivity contribution in [2.75, 3.05) is 11.9 Å². The first-order valence-electron chi connectivity index (χ1n) is 14.4. The molecule has 220 valence electrons. The Kier molecular flexibility index (Phi) is 10.4. The average Bonchev–Trinajstić information content (AvgIpc) is 3.33. The molecule has 0 saturated carbocycles. The number of amides is 1. The molecule has 0 fully saturated rings. The summed E-state index contributed by atoms with van der Waals surface area (Å²) >= 11 is 0. The number of nitrogens with zero attached hydrogens (tertiary/aromatic N) is 1. The Morgan fingerprint density at radius 3 is 2.10 bits per heavy atom. The van der Waals surface area contributed by atoms with Crippen molar-refractivity contribution >= 4 is 17.4 Å². The monoisotopic (exact) mass is 570 g/mol. The highest BCUT2D eigenvalue weighted by atomic mass is 19.1. The maximum atomic E-state index is 14.1. The van der Waals surface area contributed by atoms with E-state index in [1.807, 2.05) is 81.4 Å². The van der Waals surface area contributed by atoms with E-state index in [4.69, 9.17) is 5.11 Å². The molecule has 2 atom stereocenters. The number of carbonyl (C=O) groups excluding carboxylic acids is 2. The molecule has 0 saturated heterocycles. The Balaban J connectivity index is 1.86. The van der Waals surface area contributed by atoms with Gasteiger partial charge in [-0.3, -0.25) is 9.59 Å². The number of aliphatic hydroxyl groups is 2. The molecule has 42 heavy (non-hydrogen) atoms. The summed E-state index contributed by atoms with van der Waals surface area (Å²) in [5, 5.41) is 23.1. The first-order chi connectivity index (χ1) is 20.2. The topological polar surface area (TPSA) is 91.6 Å². The Morgan fingerprint density at radius 1 is 0.881 bits per heavy atom. The molecule has 1 aromatic heterocycles. The summed E-state index contributed by atoms with van der Waals surface area (Å²) in [4.78, 5) is 25.8. The van der Waals surface area contributed by atoms with Gasteiger partial charge in [0.25, 0.3) is 5.91 Å². The van der Waals surface area contributed by atoms with Gasteiger partial charge in [0.05, 0.1) is 17.4 Å². The second kappa shape index (κ2) is 14.2. The summed E-state index contributed by atoms with van der Waals surface area (Å²) in [7, 11) is 0. The molecule has 6 nitrogen and oxygen atoms in total. The smallest absolute Gasteiger partial charge is 0.258 e. The van der Waals surface area contributed by atoms with E-state index in [2.05, 4.69) is 9.88 Å². The van der Waals surface area contributed by atoms with Crippen LogP contribution in [0.15, 0.2) is 84.9 Å². The summed E-state index contributed by atoms with van der Waals surface area (Å²) in [5.41, 5.74) is 5.16. The SMILES string of the molecule is CC(CC(=O)CO)CC(O)CCn1c(-c2ccc(F)cc2)c(-c2ccccc2)c(C(=O)Nc2ccccc2)c1C(C)C. The fraction of sp³-hybridized carbons (Fsp3) is 0.314. The number of ketones is 1. The fourth-order valence-electron chi connectivity index (χ4n) is 5.61. The van der Waals surface area contributed by atoms with Gasteiger partial charge in [-0.15, -0.1) is 0 Å². The molecule has 4 rings (SSSR count). The van der Waals surface area contributed by atoms with Gasteiger partial charge >= 0.3 is 0 Å². The lowest BCUT2D eigenvalue weighted by Crippen LogP contribution is -2.20. The number of hydrogen-bond acceptors (Lipinski definition) is 4. The molecule has 0 aliphatic carbocycles. The van der Waals surface area contributed by atoms with E-state index in [1.54, 1.807) is 12.1 Å². The van der Waals surface area contributed by atoms with Gasteiger partial charge in [-0.25, -0.2) is 4.39 Å². The van der Waals surface area contributed by atoms with E-state index in [0.717, 1.165) is 28.1 Å². The van der Waals surface area contributed by atoms with Crippen LogP contribution in [0.1, 0.15) is 62.0 Å². The van der Waals surface area contributed by atoms with Gasteiger partial charge in [-0.05, 0) is 72.2 Å². The third-order valence-corrected chi connectivity index (χ3v) is 7.40. The molecule has 0 spiro atoms. The highest BCUT2D eigenvalue weighted by Crippen LogP contribution is 2.42. The van der Waals surface area contributed by atoms with Crippen molar-refractivity contribution in [3.8, 4) is 22.4 Å². The van der Waals surface area contributed by atoms with Gasteiger partial charge in [0.15, 0.2) is 5.78 Å². The van der Waals surface area contributed by atoms with Crippen LogP contribution in [0.2, 0.25) is 0 Å². The minimum atomic E-state index is -0.697. The predicted octanol–water partition coefficient (Wildman–Crippen LogP) is 7.07. The third-order valence-electron chi connectivity index (χ3n) is 7.40. The molecule has 1 amide bonds. The number of aliphatic hydroxyl groups excluding tert-OH is 2. The lowest BCUT2D eigenvalue weighted by atomic mass is 9.94. The van der Waals surface area contributed by atoms with Gasteiger partial charge < -0.3 is 20.1 Å². The van der Waals surface area contributed by atoms with Crippen molar-refractivity contribution in [1.82, 2.24) is 4.57 Å². The maximum Gasteiger partial charge on any atom is 0.258 e. The van der Waals surface area contributed by atoms with Crippen molar-refractivity contribution < 1.29 is 24.2 Å². The zero-order valence-corrected chi connectivity index (χ0v) is 24.4. The van der Waals surface area contributed by atoms with Gasteiger partial charge in [0, 0.05) is 29.9 Å². The van der Waals surface area contributed by atoms with Gasteiger partial charge in [0.2, 0.25) is 0 Å². The number of anilines is 1. The molecule has 1 heterocycles. The van der Waals surface area contributed by atoms with Crippen LogP contribution in [0.25, 0.3) is 22.4 Å². The van der Waals surface area contributed by atoms with Crippen LogP contribution in [0.5, 0.6) is 0 Å². The first-order valence-corrected chi connectivity index (χ1v) is 14.4. The number of para-hydroxylation sites is 1. The summed E-state index contributed by atoms with van der Waals surface area (Å²) < 4.78 is 16.1. The van der Waals surface area contributed by atoms with Gasteiger partial charge in [-0.2, -0.15) is 0 Å². The van der Waals surface area contributed by atoms with Crippen LogP contribution in [-0.4, -0.2) is 39.2 Å². The third kappa shape index (κ3) is 7.41. The Hall–Kier alpha value is -4.07. The quantitative estimate of drug-likeness (QED) is 0.160. The minimum absolute atomic E-state index is 0.0589. The number of halogens is 1. The summed E-state index contributed by atoms with van der Waals surface area (Å²) in [6.07, 6.45) is 0.297. The van der Waals surface area contributed by atoms with Gasteiger partial charge in [-0.1, -0.05) is 69.3 Å². The van der Waals surface area contributed by atoms with Crippen LogP contribution < -0.4 is 5.32 Å². The van der Waals surface area contributed by atoms with Crippen molar-refractivity contribution in [3.05, 3.63) is 102 Å². The zero-order chi connectivity index (χ0) is 30.2. The highest BCUT2D eigenvalue weighted by molar-refractivity contribution is 6.12. The van der Waals surface area contributed by atoms with E-state index in [-0.39, 0.29) is 35.8 Å². The van der Waals surface area contributed by atoms with Crippen LogP contribution >= 0.6 is 0 Å². The molecule has 4 aromatic rings. The van der Waals surface area contributed by atoms with E-state index in [1.165, 1.54) is 12.1 Å². The second-order valence-corrected chi connectivity index (χ2v) is 11.2.